The summed E-state index contributed by atoms with van der Waals surface area (Å²) < 4.78 is 1.60. The van der Waals surface area contributed by atoms with Crippen LogP contribution in [0.25, 0.3) is 16.9 Å². The Hall–Kier alpha value is -4.21. The van der Waals surface area contributed by atoms with Gasteiger partial charge in [-0.1, -0.05) is 12.1 Å². The number of imidazole rings is 1. The van der Waals surface area contributed by atoms with Crippen LogP contribution in [0, 0.1) is 0 Å². The molecule has 1 aromatic carbocycles. The highest BCUT2D eigenvalue weighted by atomic mass is 16.4. The predicted molar refractivity (Wildman–Crippen MR) is 108 cm³/mol. The van der Waals surface area contributed by atoms with E-state index >= 15 is 0 Å². The highest BCUT2D eigenvalue weighted by molar-refractivity contribution is 5.87. The fraction of sp³-hybridized carbons (Fsp3) is 0.150. The fourth-order valence-electron chi connectivity index (χ4n) is 3.65. The number of nitrogens with zero attached hydrogens (tertiary/aromatic N) is 4. The van der Waals surface area contributed by atoms with Crippen molar-refractivity contribution in [2.24, 2.45) is 0 Å². The van der Waals surface area contributed by atoms with Crippen molar-refractivity contribution in [1.82, 2.24) is 24.6 Å². The molecule has 0 unspecified atom stereocenters. The molecule has 0 radical (unpaired) electrons. The maximum atomic E-state index is 12.2. The van der Waals surface area contributed by atoms with Crippen LogP contribution in [0.1, 0.15) is 21.8 Å². The van der Waals surface area contributed by atoms with Gasteiger partial charge in [0.05, 0.1) is 16.8 Å². The number of nitrogens with one attached hydrogen (secondary N) is 2. The van der Waals surface area contributed by atoms with Gasteiger partial charge in [0, 0.05) is 37.6 Å². The number of carboxylic acids is 1. The molecular formula is C20H16N6O4. The third-order valence-corrected chi connectivity index (χ3v) is 5.29. The molecule has 0 bridgehead atoms. The lowest BCUT2D eigenvalue weighted by molar-refractivity contribution is 0.0697. The minimum atomic E-state index is -0.944. The number of rotatable bonds is 4. The Morgan fingerprint density at radius 3 is 2.63 bits per heavy atom. The van der Waals surface area contributed by atoms with Gasteiger partial charge < -0.3 is 15.0 Å². The van der Waals surface area contributed by atoms with Crippen LogP contribution >= 0.6 is 0 Å². The number of hydrogen-bond donors (Lipinski definition) is 3. The second kappa shape index (κ2) is 6.69. The van der Waals surface area contributed by atoms with Crippen LogP contribution in [0.5, 0.6) is 0 Å². The Morgan fingerprint density at radius 2 is 1.93 bits per heavy atom. The van der Waals surface area contributed by atoms with Crippen molar-refractivity contribution in [3.63, 3.8) is 0 Å². The lowest BCUT2D eigenvalue weighted by Crippen LogP contribution is -2.45. The minimum Gasteiger partial charge on any atom is -0.478 e. The zero-order chi connectivity index (χ0) is 20.8. The molecular weight excluding hydrogens is 388 g/mol. The molecule has 10 nitrogen and oxygen atoms in total. The van der Waals surface area contributed by atoms with Gasteiger partial charge in [-0.2, -0.15) is 5.10 Å². The van der Waals surface area contributed by atoms with E-state index in [1.807, 2.05) is 12.1 Å². The van der Waals surface area contributed by atoms with E-state index in [0.717, 1.165) is 24.3 Å². The molecule has 1 aliphatic heterocycles. The molecule has 0 spiro atoms. The number of carboxylic acid groups (broad SMARTS) is 1. The van der Waals surface area contributed by atoms with Gasteiger partial charge in [-0.3, -0.25) is 9.78 Å². The molecule has 0 aliphatic carbocycles. The summed E-state index contributed by atoms with van der Waals surface area (Å²) in [4.78, 5) is 45.7. The van der Waals surface area contributed by atoms with Crippen LogP contribution in [0.15, 0.2) is 58.5 Å². The first kappa shape index (κ1) is 17.9. The molecule has 1 saturated heterocycles. The lowest BCUT2D eigenvalue weighted by Gasteiger charge is -2.41. The van der Waals surface area contributed by atoms with Gasteiger partial charge in [-0.05, 0) is 23.8 Å². The first-order chi connectivity index (χ1) is 14.5. The van der Waals surface area contributed by atoms with Crippen molar-refractivity contribution >= 4 is 17.3 Å². The van der Waals surface area contributed by atoms with Crippen molar-refractivity contribution in [1.29, 1.82) is 0 Å². The van der Waals surface area contributed by atoms with E-state index in [9.17, 15) is 14.4 Å². The summed E-state index contributed by atoms with van der Waals surface area (Å²) in [6, 6.07) is 8.69. The minimum absolute atomic E-state index is 0.257. The SMILES string of the molecule is O=C(O)c1ccc(C2CN(c3cc(-c4c[nH]c(=O)[nH]c4=O)nn4ccnc34)C2)cc1. The van der Waals surface area contributed by atoms with Crippen LogP contribution < -0.4 is 16.1 Å². The van der Waals surface area contributed by atoms with Crippen LogP contribution in [-0.4, -0.2) is 48.7 Å². The lowest BCUT2D eigenvalue weighted by atomic mass is 9.90. The number of H-pyrrole nitrogens is 2. The monoisotopic (exact) mass is 404 g/mol. The topological polar surface area (TPSA) is 136 Å². The zero-order valence-corrected chi connectivity index (χ0v) is 15.6. The zero-order valence-electron chi connectivity index (χ0n) is 15.6. The fourth-order valence-corrected chi connectivity index (χ4v) is 3.65. The van der Waals surface area contributed by atoms with Gasteiger partial charge in [0.25, 0.3) is 5.56 Å². The Kier molecular flexibility index (Phi) is 3.98. The van der Waals surface area contributed by atoms with E-state index in [0.29, 0.717) is 11.3 Å². The van der Waals surface area contributed by atoms with Crippen LogP contribution in [0.4, 0.5) is 5.69 Å². The van der Waals surface area contributed by atoms with Gasteiger partial charge in [0.1, 0.15) is 5.69 Å². The standard InChI is InChI=1S/C20H16N6O4/c27-18-14(8-22-20(30)23-18)15-7-16(17-21-5-6-26(17)24-15)25-9-13(10-25)11-1-3-12(4-2-11)19(28)29/h1-8,13H,9-10H2,(H,28,29)(H2,22,23,27,30). The van der Waals surface area contributed by atoms with E-state index in [-0.39, 0.29) is 17.0 Å². The number of aromatic amines is 2. The van der Waals surface area contributed by atoms with Crippen molar-refractivity contribution in [3.05, 3.63) is 80.9 Å². The molecule has 0 atom stereocenters. The third-order valence-electron chi connectivity index (χ3n) is 5.29. The largest absolute Gasteiger partial charge is 0.478 e. The van der Waals surface area contributed by atoms with E-state index in [2.05, 4.69) is 25.0 Å². The molecule has 5 rings (SSSR count). The molecule has 4 heterocycles. The highest BCUT2D eigenvalue weighted by Crippen LogP contribution is 2.34. The quantitative estimate of drug-likeness (QED) is 0.463. The van der Waals surface area contributed by atoms with Crippen molar-refractivity contribution in [2.45, 2.75) is 5.92 Å². The molecule has 150 valence electrons. The Bertz CT molecular complexity index is 1380. The van der Waals surface area contributed by atoms with E-state index in [4.69, 9.17) is 5.11 Å². The number of aromatic carboxylic acids is 1. The van der Waals surface area contributed by atoms with E-state index in [1.165, 1.54) is 6.20 Å². The number of aromatic nitrogens is 5. The third kappa shape index (κ3) is 2.94. The summed E-state index contributed by atoms with van der Waals surface area (Å²) >= 11 is 0. The number of hydrogen-bond acceptors (Lipinski definition) is 6. The van der Waals surface area contributed by atoms with Crippen LogP contribution in [-0.2, 0) is 0 Å². The molecule has 0 saturated carbocycles. The second-order valence-corrected chi connectivity index (χ2v) is 7.12. The number of fused-ring (bicyclic) bond motifs is 1. The molecule has 1 aliphatic rings. The first-order valence-corrected chi connectivity index (χ1v) is 9.24. The second-order valence-electron chi connectivity index (χ2n) is 7.12. The van der Waals surface area contributed by atoms with Crippen LogP contribution in [0.2, 0.25) is 0 Å². The smallest absolute Gasteiger partial charge is 0.335 e. The van der Waals surface area contributed by atoms with E-state index < -0.39 is 17.2 Å². The number of benzene rings is 1. The van der Waals surface area contributed by atoms with Crippen molar-refractivity contribution in [2.75, 3.05) is 18.0 Å². The van der Waals surface area contributed by atoms with Gasteiger partial charge in [0.2, 0.25) is 0 Å². The maximum Gasteiger partial charge on any atom is 0.335 e. The average Bonchev–Trinajstić information content (AvgIpc) is 3.16. The summed E-state index contributed by atoms with van der Waals surface area (Å²) in [6.45, 7) is 1.45. The molecule has 3 aromatic heterocycles. The first-order valence-electron chi connectivity index (χ1n) is 9.24. The van der Waals surface area contributed by atoms with Crippen molar-refractivity contribution < 1.29 is 9.90 Å². The molecule has 3 N–H and O–H groups in total. The van der Waals surface area contributed by atoms with Crippen LogP contribution in [0.3, 0.4) is 0 Å². The average molecular weight is 404 g/mol. The summed E-state index contributed by atoms with van der Waals surface area (Å²) in [5.41, 5.74) is 2.41. The predicted octanol–water partition coefficient (Wildman–Crippen LogP) is 1.07. The van der Waals surface area contributed by atoms with Gasteiger partial charge in [-0.25, -0.2) is 19.1 Å². The van der Waals surface area contributed by atoms with Gasteiger partial charge >= 0.3 is 11.7 Å². The normalized spacial score (nSPS) is 14.1. The molecule has 1 fully saturated rings. The highest BCUT2D eigenvalue weighted by Gasteiger charge is 2.30. The Labute approximate surface area is 168 Å². The summed E-state index contributed by atoms with van der Waals surface area (Å²) in [5, 5.41) is 13.5. The summed E-state index contributed by atoms with van der Waals surface area (Å²) in [6.07, 6.45) is 4.68. The summed E-state index contributed by atoms with van der Waals surface area (Å²) in [7, 11) is 0. The summed E-state index contributed by atoms with van der Waals surface area (Å²) in [5.74, 6) is -0.684. The number of anilines is 1. The van der Waals surface area contributed by atoms with Gasteiger partial charge in [-0.15, -0.1) is 0 Å². The molecule has 30 heavy (non-hydrogen) atoms. The Balaban J connectivity index is 1.46. The molecule has 4 aromatic rings. The molecule has 0 amide bonds. The number of carbonyl (C=O) groups is 1. The van der Waals surface area contributed by atoms with E-state index in [1.54, 1.807) is 35.1 Å². The molecule has 10 heteroatoms. The van der Waals surface area contributed by atoms with Gasteiger partial charge in [0.15, 0.2) is 5.65 Å². The maximum absolute atomic E-state index is 12.2. The van der Waals surface area contributed by atoms with Crippen molar-refractivity contribution in [3.8, 4) is 11.3 Å². The Morgan fingerprint density at radius 1 is 1.17 bits per heavy atom.